The molecule has 2 aromatic rings. The molecule has 0 saturated heterocycles. The molecule has 2 aromatic carbocycles. The maximum atomic E-state index is 13.9. The zero-order valence-corrected chi connectivity index (χ0v) is 15.1. The second-order valence-electron chi connectivity index (χ2n) is 6.23. The van der Waals surface area contributed by atoms with Gasteiger partial charge in [0.15, 0.2) is 11.6 Å². The molecule has 0 amide bonds. The molecule has 0 aliphatic carbocycles. The minimum Gasteiger partial charge on any atom is -0.494 e. The first kappa shape index (κ1) is 19.3. The van der Waals surface area contributed by atoms with Crippen LogP contribution in [0.5, 0.6) is 11.5 Å². The molecule has 136 valence electrons. The molecule has 3 nitrogen and oxygen atoms in total. The highest BCUT2D eigenvalue weighted by molar-refractivity contribution is 5.34. The Kier molecular flexibility index (Phi) is 7.74. The number of unbranched alkanes of at least 4 members (excludes halogenated alkanes) is 2. The van der Waals surface area contributed by atoms with Crippen LogP contribution in [0.25, 0.3) is 0 Å². The van der Waals surface area contributed by atoms with Gasteiger partial charge in [-0.05, 0) is 54.8 Å². The largest absolute Gasteiger partial charge is 0.494 e. The van der Waals surface area contributed by atoms with E-state index in [4.69, 9.17) is 15.2 Å². The van der Waals surface area contributed by atoms with Crippen LogP contribution in [0.1, 0.15) is 43.2 Å². The van der Waals surface area contributed by atoms with E-state index < -0.39 is 0 Å². The molecule has 2 rings (SSSR count). The molecule has 0 aromatic heterocycles. The Morgan fingerprint density at radius 2 is 1.84 bits per heavy atom. The second-order valence-corrected chi connectivity index (χ2v) is 6.23. The van der Waals surface area contributed by atoms with Crippen LogP contribution < -0.4 is 15.2 Å². The van der Waals surface area contributed by atoms with Crippen LogP contribution in [0.4, 0.5) is 4.39 Å². The van der Waals surface area contributed by atoms with Crippen LogP contribution in [0.3, 0.4) is 0 Å². The summed E-state index contributed by atoms with van der Waals surface area (Å²) in [4.78, 5) is 0. The minimum atomic E-state index is -0.353. The first-order chi connectivity index (χ1) is 12.2. The van der Waals surface area contributed by atoms with E-state index in [1.807, 2.05) is 18.2 Å². The average Bonchev–Trinajstić information content (AvgIpc) is 2.64. The Hall–Kier alpha value is -2.07. The van der Waals surface area contributed by atoms with Gasteiger partial charge in [-0.25, -0.2) is 4.39 Å². The van der Waals surface area contributed by atoms with E-state index in [1.54, 1.807) is 6.07 Å². The summed E-state index contributed by atoms with van der Waals surface area (Å²) in [5.74, 6) is 0.856. The molecule has 0 bridgehead atoms. The summed E-state index contributed by atoms with van der Waals surface area (Å²) in [5.41, 5.74) is 7.97. The van der Waals surface area contributed by atoms with E-state index in [0.29, 0.717) is 6.54 Å². The smallest absolute Gasteiger partial charge is 0.165 e. The van der Waals surface area contributed by atoms with Crippen molar-refractivity contribution in [1.29, 1.82) is 0 Å². The zero-order valence-electron chi connectivity index (χ0n) is 15.1. The predicted molar refractivity (Wildman–Crippen MR) is 99.9 cm³/mol. The van der Waals surface area contributed by atoms with Gasteiger partial charge in [0, 0.05) is 5.92 Å². The fraction of sp³-hybridized carbons (Fsp3) is 0.429. The van der Waals surface area contributed by atoms with Gasteiger partial charge in [0.2, 0.25) is 0 Å². The quantitative estimate of drug-likeness (QED) is 0.636. The summed E-state index contributed by atoms with van der Waals surface area (Å²) in [6, 6.07) is 13.1. The molecule has 2 N–H and O–H groups in total. The van der Waals surface area contributed by atoms with Gasteiger partial charge in [-0.15, -0.1) is 0 Å². The van der Waals surface area contributed by atoms with Crippen molar-refractivity contribution in [2.45, 2.75) is 38.5 Å². The number of hydrogen-bond acceptors (Lipinski definition) is 3. The van der Waals surface area contributed by atoms with Crippen molar-refractivity contribution in [2.24, 2.45) is 5.73 Å². The van der Waals surface area contributed by atoms with E-state index in [0.717, 1.165) is 36.3 Å². The summed E-state index contributed by atoms with van der Waals surface area (Å²) < 4.78 is 24.6. The summed E-state index contributed by atoms with van der Waals surface area (Å²) in [6.45, 7) is 3.39. The first-order valence-electron chi connectivity index (χ1n) is 8.93. The Bertz CT molecular complexity index is 643. The fourth-order valence-electron chi connectivity index (χ4n) is 2.82. The van der Waals surface area contributed by atoms with Gasteiger partial charge >= 0.3 is 0 Å². The third-order valence-corrected chi connectivity index (χ3v) is 4.35. The third-order valence-electron chi connectivity index (χ3n) is 4.35. The molecular weight excluding hydrogens is 317 g/mol. The van der Waals surface area contributed by atoms with Gasteiger partial charge in [-0.2, -0.15) is 0 Å². The summed E-state index contributed by atoms with van der Waals surface area (Å²) in [7, 11) is 1.46. The van der Waals surface area contributed by atoms with Crippen molar-refractivity contribution >= 4 is 0 Å². The molecule has 0 heterocycles. The molecule has 0 aliphatic rings. The lowest BCUT2D eigenvalue weighted by molar-refractivity contribution is 0.306. The lowest BCUT2D eigenvalue weighted by atomic mass is 9.92. The second kappa shape index (κ2) is 10.0. The van der Waals surface area contributed by atoms with Crippen molar-refractivity contribution in [1.82, 2.24) is 0 Å². The van der Waals surface area contributed by atoms with Crippen molar-refractivity contribution in [3.8, 4) is 11.5 Å². The van der Waals surface area contributed by atoms with Gasteiger partial charge in [0.25, 0.3) is 0 Å². The molecule has 0 saturated carbocycles. The van der Waals surface area contributed by atoms with Gasteiger partial charge in [0.1, 0.15) is 5.75 Å². The molecule has 25 heavy (non-hydrogen) atoms. The number of nitrogens with two attached hydrogens (primary N) is 1. The van der Waals surface area contributed by atoms with Gasteiger partial charge in [-0.1, -0.05) is 38.0 Å². The fourth-order valence-corrected chi connectivity index (χ4v) is 2.82. The summed E-state index contributed by atoms with van der Waals surface area (Å²) in [6.07, 6.45) is 4.22. The number of ether oxygens (including phenoxy) is 2. The molecular formula is C21H28FNO2. The molecule has 0 radical (unpaired) electrons. The first-order valence-corrected chi connectivity index (χ1v) is 8.93. The normalized spacial score (nSPS) is 12.0. The number of benzene rings is 2. The monoisotopic (exact) mass is 345 g/mol. The average molecular weight is 345 g/mol. The van der Waals surface area contributed by atoms with Crippen molar-refractivity contribution < 1.29 is 13.9 Å². The van der Waals surface area contributed by atoms with Gasteiger partial charge < -0.3 is 15.2 Å². The molecule has 0 fully saturated rings. The van der Waals surface area contributed by atoms with E-state index in [2.05, 4.69) is 19.1 Å². The Morgan fingerprint density at radius 1 is 1.08 bits per heavy atom. The summed E-state index contributed by atoms with van der Waals surface area (Å²) >= 11 is 0. The van der Waals surface area contributed by atoms with E-state index in [1.165, 1.54) is 26.0 Å². The Labute approximate surface area is 150 Å². The Morgan fingerprint density at radius 3 is 2.44 bits per heavy atom. The van der Waals surface area contributed by atoms with Crippen LogP contribution in [0.2, 0.25) is 0 Å². The number of rotatable bonds is 10. The molecule has 1 unspecified atom stereocenters. The van der Waals surface area contributed by atoms with Crippen LogP contribution in [0.15, 0.2) is 42.5 Å². The molecule has 0 spiro atoms. The maximum Gasteiger partial charge on any atom is 0.165 e. The topological polar surface area (TPSA) is 44.5 Å². The molecule has 4 heteroatoms. The highest BCUT2D eigenvalue weighted by Gasteiger charge is 2.13. The summed E-state index contributed by atoms with van der Waals surface area (Å²) in [5, 5.41) is 0. The van der Waals surface area contributed by atoms with Gasteiger partial charge in [0.05, 0.1) is 13.7 Å². The standard InChI is InChI=1S/C21H28FNO2/c1-3-4-5-12-25-19-9-6-16(7-10-19)13-18(15-23)17-8-11-21(24-2)20(22)14-17/h6-11,14,18H,3-5,12-13,15,23H2,1-2H3. The third kappa shape index (κ3) is 5.75. The SMILES string of the molecule is CCCCCOc1ccc(CC(CN)c2ccc(OC)c(F)c2)cc1. The molecule has 0 aliphatic heterocycles. The van der Waals surface area contributed by atoms with Crippen LogP contribution in [0, 0.1) is 5.82 Å². The predicted octanol–water partition coefficient (Wildman–Crippen LogP) is 4.69. The highest BCUT2D eigenvalue weighted by atomic mass is 19.1. The lowest BCUT2D eigenvalue weighted by Crippen LogP contribution is -2.15. The van der Waals surface area contributed by atoms with Crippen LogP contribution in [-0.2, 0) is 6.42 Å². The van der Waals surface area contributed by atoms with Crippen molar-refractivity contribution in [2.75, 3.05) is 20.3 Å². The highest BCUT2D eigenvalue weighted by Crippen LogP contribution is 2.26. The van der Waals surface area contributed by atoms with Crippen LogP contribution in [-0.4, -0.2) is 20.3 Å². The number of halogens is 1. The van der Waals surface area contributed by atoms with E-state index in [9.17, 15) is 4.39 Å². The maximum absolute atomic E-state index is 13.9. The molecule has 1 atom stereocenters. The van der Waals surface area contributed by atoms with E-state index >= 15 is 0 Å². The van der Waals surface area contributed by atoms with Crippen LogP contribution >= 0.6 is 0 Å². The van der Waals surface area contributed by atoms with Crippen molar-refractivity contribution in [3.63, 3.8) is 0 Å². The zero-order chi connectivity index (χ0) is 18.1. The lowest BCUT2D eigenvalue weighted by Gasteiger charge is -2.16. The van der Waals surface area contributed by atoms with Crippen molar-refractivity contribution in [3.05, 3.63) is 59.4 Å². The van der Waals surface area contributed by atoms with E-state index in [-0.39, 0.29) is 17.5 Å². The number of hydrogen-bond donors (Lipinski definition) is 1. The van der Waals surface area contributed by atoms with Gasteiger partial charge in [-0.3, -0.25) is 0 Å². The Balaban J connectivity index is 1.98. The minimum absolute atomic E-state index is 0.0664. The number of methoxy groups -OCH3 is 1.